The zero-order valence-corrected chi connectivity index (χ0v) is 9.68. The second-order valence-electron chi connectivity index (χ2n) is 4.19. The molecule has 2 aromatic rings. The average Bonchev–Trinajstić information content (AvgIpc) is 2.69. The van der Waals surface area contributed by atoms with Gasteiger partial charge in [-0.3, -0.25) is 4.79 Å². The van der Waals surface area contributed by atoms with E-state index in [4.69, 9.17) is 5.73 Å². The normalized spacial score (nSPS) is 15.6. The highest BCUT2D eigenvalue weighted by atomic mass is 16.2. The molecule has 3 heteroatoms. The number of carbonyl (C=O) groups is 1. The molecule has 1 aliphatic heterocycles. The molecule has 0 atom stereocenters. The van der Waals surface area contributed by atoms with Crippen molar-refractivity contribution in [2.75, 3.05) is 11.1 Å². The van der Waals surface area contributed by atoms with E-state index in [1.165, 1.54) is 0 Å². The van der Waals surface area contributed by atoms with E-state index in [0.29, 0.717) is 11.3 Å². The fourth-order valence-electron chi connectivity index (χ4n) is 2.08. The Hall–Kier alpha value is -2.55. The van der Waals surface area contributed by atoms with Gasteiger partial charge in [0.25, 0.3) is 5.91 Å². The van der Waals surface area contributed by atoms with Crippen molar-refractivity contribution in [3.05, 3.63) is 59.7 Å². The lowest BCUT2D eigenvalue weighted by Gasteiger charge is -2.01. The topological polar surface area (TPSA) is 55.1 Å². The lowest BCUT2D eigenvalue weighted by molar-refractivity contribution is -0.110. The summed E-state index contributed by atoms with van der Waals surface area (Å²) >= 11 is 0. The minimum absolute atomic E-state index is 0.0838. The summed E-state index contributed by atoms with van der Waals surface area (Å²) in [5.41, 5.74) is 9.85. The fourth-order valence-corrected chi connectivity index (χ4v) is 2.08. The Balaban J connectivity index is 2.13. The van der Waals surface area contributed by atoms with Gasteiger partial charge in [0.15, 0.2) is 0 Å². The van der Waals surface area contributed by atoms with Crippen LogP contribution in [0.15, 0.2) is 48.5 Å². The minimum Gasteiger partial charge on any atom is -0.398 e. The molecule has 2 aromatic carbocycles. The van der Waals surface area contributed by atoms with Gasteiger partial charge in [-0.2, -0.15) is 0 Å². The van der Waals surface area contributed by atoms with Crippen LogP contribution in [0.2, 0.25) is 0 Å². The Bertz CT molecular complexity index is 659. The first-order valence-corrected chi connectivity index (χ1v) is 5.72. The first-order chi connectivity index (χ1) is 8.75. The van der Waals surface area contributed by atoms with Crippen LogP contribution in [-0.4, -0.2) is 5.91 Å². The van der Waals surface area contributed by atoms with Gasteiger partial charge in [0, 0.05) is 22.5 Å². The van der Waals surface area contributed by atoms with Crippen LogP contribution in [0.1, 0.15) is 11.1 Å². The maximum atomic E-state index is 11.9. The van der Waals surface area contributed by atoms with Gasteiger partial charge >= 0.3 is 0 Å². The van der Waals surface area contributed by atoms with Crippen LogP contribution in [0.4, 0.5) is 11.4 Å². The summed E-state index contributed by atoms with van der Waals surface area (Å²) in [6.45, 7) is 0. The predicted octanol–water partition coefficient (Wildman–Crippen LogP) is 2.76. The van der Waals surface area contributed by atoms with Gasteiger partial charge in [-0.25, -0.2) is 0 Å². The third-order valence-electron chi connectivity index (χ3n) is 3.01. The zero-order chi connectivity index (χ0) is 12.5. The zero-order valence-electron chi connectivity index (χ0n) is 9.68. The van der Waals surface area contributed by atoms with Crippen LogP contribution in [-0.2, 0) is 4.79 Å². The smallest absolute Gasteiger partial charge is 0.256 e. The SMILES string of the molecule is Nc1ccccc1/C=C1\C(=O)Nc2ccccc21. The molecule has 0 bridgehead atoms. The lowest BCUT2D eigenvalue weighted by atomic mass is 10.0. The molecule has 0 saturated carbocycles. The van der Waals surface area contributed by atoms with Crippen LogP contribution < -0.4 is 11.1 Å². The Morgan fingerprint density at radius 1 is 1.00 bits per heavy atom. The van der Waals surface area contributed by atoms with Crippen molar-refractivity contribution in [1.29, 1.82) is 0 Å². The lowest BCUT2D eigenvalue weighted by Crippen LogP contribution is -2.03. The number of carbonyl (C=O) groups excluding carboxylic acids is 1. The van der Waals surface area contributed by atoms with Crippen LogP contribution in [0.3, 0.4) is 0 Å². The summed E-state index contributed by atoms with van der Waals surface area (Å²) < 4.78 is 0. The molecule has 18 heavy (non-hydrogen) atoms. The summed E-state index contributed by atoms with van der Waals surface area (Å²) in [7, 11) is 0. The number of hydrogen-bond acceptors (Lipinski definition) is 2. The van der Waals surface area contributed by atoms with Crippen LogP contribution >= 0.6 is 0 Å². The molecular formula is C15H12N2O. The molecule has 0 aromatic heterocycles. The number of benzene rings is 2. The van der Waals surface area contributed by atoms with E-state index in [-0.39, 0.29) is 5.91 Å². The third kappa shape index (κ3) is 1.66. The van der Waals surface area contributed by atoms with Gasteiger partial charge in [0.05, 0.1) is 0 Å². The molecule has 0 unspecified atom stereocenters. The van der Waals surface area contributed by atoms with Gasteiger partial charge in [-0.1, -0.05) is 36.4 Å². The number of nitrogens with one attached hydrogen (secondary N) is 1. The van der Waals surface area contributed by atoms with E-state index in [9.17, 15) is 4.79 Å². The third-order valence-corrected chi connectivity index (χ3v) is 3.01. The summed E-state index contributed by atoms with van der Waals surface area (Å²) in [6.07, 6.45) is 1.83. The average molecular weight is 236 g/mol. The molecule has 1 heterocycles. The summed E-state index contributed by atoms with van der Waals surface area (Å²) in [5.74, 6) is -0.0838. The number of amides is 1. The monoisotopic (exact) mass is 236 g/mol. The van der Waals surface area contributed by atoms with Crippen LogP contribution in [0, 0.1) is 0 Å². The van der Waals surface area contributed by atoms with Crippen molar-refractivity contribution in [3.8, 4) is 0 Å². The highest BCUT2D eigenvalue weighted by Gasteiger charge is 2.23. The summed E-state index contributed by atoms with van der Waals surface area (Å²) in [4.78, 5) is 11.9. The second-order valence-corrected chi connectivity index (χ2v) is 4.19. The van der Waals surface area contributed by atoms with E-state index in [2.05, 4.69) is 5.32 Å². The minimum atomic E-state index is -0.0838. The molecule has 3 rings (SSSR count). The highest BCUT2D eigenvalue weighted by molar-refractivity contribution is 6.35. The van der Waals surface area contributed by atoms with Crippen molar-refractivity contribution in [2.24, 2.45) is 0 Å². The summed E-state index contributed by atoms with van der Waals surface area (Å²) in [6, 6.07) is 15.1. The number of hydrogen-bond donors (Lipinski definition) is 2. The van der Waals surface area contributed by atoms with E-state index < -0.39 is 0 Å². The summed E-state index contributed by atoms with van der Waals surface area (Å²) in [5, 5.41) is 2.84. The maximum Gasteiger partial charge on any atom is 0.256 e. The molecular weight excluding hydrogens is 224 g/mol. The number of fused-ring (bicyclic) bond motifs is 1. The fraction of sp³-hybridized carbons (Fsp3) is 0. The molecule has 3 N–H and O–H groups in total. The van der Waals surface area contributed by atoms with Crippen molar-refractivity contribution in [1.82, 2.24) is 0 Å². The number of anilines is 2. The molecule has 0 fully saturated rings. The van der Waals surface area contributed by atoms with E-state index in [1.54, 1.807) is 0 Å². The molecule has 0 radical (unpaired) electrons. The van der Waals surface area contributed by atoms with Crippen LogP contribution in [0.5, 0.6) is 0 Å². The number of nitrogens with two attached hydrogens (primary N) is 1. The van der Waals surface area contributed by atoms with E-state index >= 15 is 0 Å². The van der Waals surface area contributed by atoms with Gasteiger partial charge < -0.3 is 11.1 Å². The van der Waals surface area contributed by atoms with Crippen molar-refractivity contribution < 1.29 is 4.79 Å². The Labute approximate surface area is 105 Å². The number of rotatable bonds is 1. The van der Waals surface area contributed by atoms with Crippen molar-refractivity contribution in [2.45, 2.75) is 0 Å². The van der Waals surface area contributed by atoms with Crippen LogP contribution in [0.25, 0.3) is 11.6 Å². The van der Waals surface area contributed by atoms with Gasteiger partial charge in [-0.15, -0.1) is 0 Å². The molecule has 0 spiro atoms. The second kappa shape index (κ2) is 4.04. The maximum absolute atomic E-state index is 11.9. The number of para-hydroxylation sites is 2. The van der Waals surface area contributed by atoms with Gasteiger partial charge in [0.2, 0.25) is 0 Å². The standard InChI is InChI=1S/C15H12N2O/c16-13-7-3-1-5-10(13)9-12-11-6-2-4-8-14(11)17-15(12)18/h1-9H,16H2,(H,17,18)/b12-9-. The molecule has 1 amide bonds. The molecule has 3 nitrogen and oxygen atoms in total. The molecule has 0 saturated heterocycles. The first-order valence-electron chi connectivity index (χ1n) is 5.72. The van der Waals surface area contributed by atoms with Gasteiger partial charge in [0.1, 0.15) is 0 Å². The molecule has 1 aliphatic rings. The Morgan fingerprint density at radius 2 is 1.72 bits per heavy atom. The Morgan fingerprint density at radius 3 is 2.56 bits per heavy atom. The molecule has 88 valence electrons. The van der Waals surface area contributed by atoms with Crippen molar-refractivity contribution >= 4 is 28.9 Å². The van der Waals surface area contributed by atoms with Gasteiger partial charge in [-0.05, 0) is 23.8 Å². The quantitative estimate of drug-likeness (QED) is 0.591. The van der Waals surface area contributed by atoms with E-state index in [1.807, 2.05) is 54.6 Å². The van der Waals surface area contributed by atoms with E-state index in [0.717, 1.165) is 16.8 Å². The van der Waals surface area contributed by atoms with Crippen molar-refractivity contribution in [3.63, 3.8) is 0 Å². The molecule has 0 aliphatic carbocycles. The highest BCUT2D eigenvalue weighted by Crippen LogP contribution is 2.33. The predicted molar refractivity (Wildman–Crippen MR) is 73.8 cm³/mol. The Kier molecular flexibility index (Phi) is 2.38. The number of nitrogen functional groups attached to an aromatic ring is 1. The largest absolute Gasteiger partial charge is 0.398 e. The first kappa shape index (κ1) is 10.6.